The van der Waals surface area contributed by atoms with Crippen molar-refractivity contribution in [3.8, 4) is 22.3 Å². The molecule has 0 bridgehead atoms. The maximum atomic E-state index is 14.4. The summed E-state index contributed by atoms with van der Waals surface area (Å²) in [6.45, 7) is 1.87. The maximum absolute atomic E-state index is 14.4. The van der Waals surface area contributed by atoms with Crippen molar-refractivity contribution < 1.29 is 13.2 Å². The molecule has 124 valence electrons. The molecule has 4 nitrogen and oxygen atoms in total. The van der Waals surface area contributed by atoms with Gasteiger partial charge in [-0.05, 0) is 18.6 Å². The molecule has 0 saturated carbocycles. The van der Waals surface area contributed by atoms with E-state index in [4.69, 9.17) is 0 Å². The fraction of sp³-hybridized carbons (Fsp3) is 0.0556. The molecule has 25 heavy (non-hydrogen) atoms. The first-order chi connectivity index (χ1) is 12.1. The van der Waals surface area contributed by atoms with Gasteiger partial charge in [-0.1, -0.05) is 0 Å². The summed E-state index contributed by atoms with van der Waals surface area (Å²) >= 11 is 0. The van der Waals surface area contributed by atoms with Crippen LogP contribution in [0.15, 0.2) is 43.0 Å². The van der Waals surface area contributed by atoms with E-state index in [9.17, 15) is 13.2 Å². The molecule has 3 aromatic heterocycles. The number of H-pyrrole nitrogens is 1. The molecule has 3 heterocycles. The number of aryl methyl sites for hydroxylation is 1. The van der Waals surface area contributed by atoms with E-state index in [2.05, 4.69) is 20.2 Å². The lowest BCUT2D eigenvalue weighted by Gasteiger charge is -2.14. The van der Waals surface area contributed by atoms with E-state index in [1.165, 1.54) is 12.4 Å². The molecule has 1 N–H and O–H groups in total. The van der Waals surface area contributed by atoms with Crippen molar-refractivity contribution in [2.24, 2.45) is 0 Å². The number of aromatic nitrogens is 4. The van der Waals surface area contributed by atoms with Crippen LogP contribution in [0, 0.1) is 24.4 Å². The Hall–Kier alpha value is -3.22. The second-order valence-corrected chi connectivity index (χ2v) is 5.61. The SMILES string of the molecule is Cc1ccncc1-c1c(-c2c(F)cc(F)cc2F)cnc2[nH]ncc12. The molecule has 0 unspecified atom stereocenters. The number of rotatable bonds is 2. The van der Waals surface area contributed by atoms with E-state index >= 15 is 0 Å². The van der Waals surface area contributed by atoms with Gasteiger partial charge < -0.3 is 0 Å². The molecular weight excluding hydrogens is 329 g/mol. The smallest absolute Gasteiger partial charge is 0.155 e. The summed E-state index contributed by atoms with van der Waals surface area (Å²) in [4.78, 5) is 8.28. The largest absolute Gasteiger partial charge is 0.264 e. The van der Waals surface area contributed by atoms with E-state index in [-0.39, 0.29) is 11.1 Å². The molecule has 4 rings (SSSR count). The predicted octanol–water partition coefficient (Wildman–Crippen LogP) is 4.41. The highest BCUT2D eigenvalue weighted by molar-refractivity contribution is 6.01. The third-order valence-corrected chi connectivity index (χ3v) is 4.07. The molecule has 0 atom stereocenters. The molecule has 0 aliphatic carbocycles. The Morgan fingerprint density at radius 3 is 2.40 bits per heavy atom. The number of hydrogen-bond donors (Lipinski definition) is 1. The van der Waals surface area contributed by atoms with Gasteiger partial charge in [0.15, 0.2) is 5.65 Å². The number of nitrogens with zero attached hydrogens (tertiary/aromatic N) is 3. The fourth-order valence-electron chi connectivity index (χ4n) is 2.90. The first-order valence-electron chi connectivity index (χ1n) is 7.44. The molecule has 0 amide bonds. The Bertz CT molecular complexity index is 1080. The summed E-state index contributed by atoms with van der Waals surface area (Å²) in [5.74, 6) is -2.97. The third kappa shape index (κ3) is 2.44. The Labute approximate surface area is 140 Å². The molecule has 0 radical (unpaired) electrons. The van der Waals surface area contributed by atoms with Crippen molar-refractivity contribution in [3.05, 3.63) is 66.0 Å². The molecule has 0 spiro atoms. The van der Waals surface area contributed by atoms with Crippen LogP contribution in [0.1, 0.15) is 5.56 Å². The molecular formula is C18H11F3N4. The second kappa shape index (κ2) is 5.70. The predicted molar refractivity (Wildman–Crippen MR) is 87.2 cm³/mol. The van der Waals surface area contributed by atoms with Crippen LogP contribution in [0.5, 0.6) is 0 Å². The zero-order valence-electron chi connectivity index (χ0n) is 13.0. The fourth-order valence-corrected chi connectivity index (χ4v) is 2.90. The molecule has 0 saturated heterocycles. The standard InChI is InChI=1S/C18H11F3N4/c1-9-2-3-22-6-11(9)16-12(7-23-18-13(16)8-24-25-18)17-14(20)4-10(19)5-15(17)21/h2-8H,1H3,(H,23,24,25). The highest BCUT2D eigenvalue weighted by Crippen LogP contribution is 2.39. The van der Waals surface area contributed by atoms with Crippen LogP contribution < -0.4 is 0 Å². The van der Waals surface area contributed by atoms with Crippen LogP contribution in [0.3, 0.4) is 0 Å². The molecule has 4 aromatic rings. The molecule has 0 aliphatic rings. The summed E-state index contributed by atoms with van der Waals surface area (Å²) in [6.07, 6.45) is 6.12. The Morgan fingerprint density at radius 2 is 1.68 bits per heavy atom. The van der Waals surface area contributed by atoms with Gasteiger partial charge in [0.25, 0.3) is 0 Å². The Morgan fingerprint density at radius 1 is 0.920 bits per heavy atom. The van der Waals surface area contributed by atoms with Crippen LogP contribution in [0.2, 0.25) is 0 Å². The average Bonchev–Trinajstić information content (AvgIpc) is 3.03. The minimum Gasteiger partial charge on any atom is -0.264 e. The number of pyridine rings is 2. The monoisotopic (exact) mass is 340 g/mol. The Kier molecular flexibility index (Phi) is 3.49. The lowest BCUT2D eigenvalue weighted by molar-refractivity contribution is 0.548. The van der Waals surface area contributed by atoms with Crippen molar-refractivity contribution >= 4 is 11.0 Å². The normalized spacial score (nSPS) is 11.2. The topological polar surface area (TPSA) is 54.5 Å². The molecule has 1 aromatic carbocycles. The number of halogens is 3. The first-order valence-corrected chi connectivity index (χ1v) is 7.44. The van der Waals surface area contributed by atoms with Crippen LogP contribution >= 0.6 is 0 Å². The van der Waals surface area contributed by atoms with E-state index < -0.39 is 17.5 Å². The first kappa shape index (κ1) is 15.3. The van der Waals surface area contributed by atoms with Gasteiger partial charge in [-0.2, -0.15) is 5.10 Å². The van der Waals surface area contributed by atoms with Crippen molar-refractivity contribution in [2.75, 3.05) is 0 Å². The van der Waals surface area contributed by atoms with Crippen molar-refractivity contribution in [1.29, 1.82) is 0 Å². The molecule has 0 fully saturated rings. The number of nitrogens with one attached hydrogen (secondary N) is 1. The lowest BCUT2D eigenvalue weighted by atomic mass is 9.92. The summed E-state index contributed by atoms with van der Waals surface area (Å²) in [7, 11) is 0. The van der Waals surface area contributed by atoms with Crippen LogP contribution in [0.25, 0.3) is 33.3 Å². The number of aromatic amines is 1. The van der Waals surface area contributed by atoms with Gasteiger partial charge >= 0.3 is 0 Å². The van der Waals surface area contributed by atoms with E-state index in [0.29, 0.717) is 34.3 Å². The quantitative estimate of drug-likeness (QED) is 0.588. The van der Waals surface area contributed by atoms with Gasteiger partial charge in [0.2, 0.25) is 0 Å². The number of fused-ring (bicyclic) bond motifs is 1. The Balaban J connectivity index is 2.13. The van der Waals surface area contributed by atoms with Crippen molar-refractivity contribution in [2.45, 2.75) is 6.92 Å². The van der Waals surface area contributed by atoms with Gasteiger partial charge in [0.05, 0.1) is 11.8 Å². The van der Waals surface area contributed by atoms with E-state index in [1.54, 1.807) is 18.5 Å². The third-order valence-electron chi connectivity index (χ3n) is 4.07. The summed E-state index contributed by atoms with van der Waals surface area (Å²) in [5, 5.41) is 7.29. The summed E-state index contributed by atoms with van der Waals surface area (Å²) < 4.78 is 42.0. The van der Waals surface area contributed by atoms with Gasteiger partial charge in [0.1, 0.15) is 17.5 Å². The van der Waals surface area contributed by atoms with Gasteiger partial charge in [-0.15, -0.1) is 0 Å². The van der Waals surface area contributed by atoms with Gasteiger partial charge in [-0.3, -0.25) is 10.1 Å². The van der Waals surface area contributed by atoms with E-state index in [0.717, 1.165) is 5.56 Å². The summed E-state index contributed by atoms with van der Waals surface area (Å²) in [5.41, 5.74) is 2.44. The van der Waals surface area contributed by atoms with Gasteiger partial charge in [-0.25, -0.2) is 18.2 Å². The lowest BCUT2D eigenvalue weighted by Crippen LogP contribution is -1.97. The zero-order chi connectivity index (χ0) is 17.6. The molecule has 7 heteroatoms. The summed E-state index contributed by atoms with van der Waals surface area (Å²) in [6, 6.07) is 3.10. The maximum Gasteiger partial charge on any atom is 0.155 e. The van der Waals surface area contributed by atoms with Crippen molar-refractivity contribution in [1.82, 2.24) is 20.2 Å². The van der Waals surface area contributed by atoms with Crippen LogP contribution in [-0.4, -0.2) is 20.2 Å². The minimum absolute atomic E-state index is 0.208. The average molecular weight is 340 g/mol. The van der Waals surface area contributed by atoms with E-state index in [1.807, 2.05) is 6.92 Å². The number of hydrogen-bond acceptors (Lipinski definition) is 3. The highest BCUT2D eigenvalue weighted by atomic mass is 19.1. The second-order valence-electron chi connectivity index (χ2n) is 5.61. The molecule has 0 aliphatic heterocycles. The van der Waals surface area contributed by atoms with Crippen molar-refractivity contribution in [3.63, 3.8) is 0 Å². The van der Waals surface area contributed by atoms with Crippen LogP contribution in [0.4, 0.5) is 13.2 Å². The highest BCUT2D eigenvalue weighted by Gasteiger charge is 2.21. The minimum atomic E-state index is -0.995. The zero-order valence-corrected chi connectivity index (χ0v) is 13.0. The van der Waals surface area contributed by atoms with Gasteiger partial charge in [0, 0.05) is 52.8 Å². The van der Waals surface area contributed by atoms with Crippen LogP contribution in [-0.2, 0) is 0 Å². The number of benzene rings is 1.